The second-order valence-corrected chi connectivity index (χ2v) is 6.48. The minimum Gasteiger partial charge on any atom is -0.390 e. The molecule has 1 N–H and O–H groups in total. The predicted octanol–water partition coefficient (Wildman–Crippen LogP) is 2.06. The van der Waals surface area contributed by atoms with Gasteiger partial charge in [-0.3, -0.25) is 4.90 Å². The van der Waals surface area contributed by atoms with E-state index in [1.807, 2.05) is 0 Å². The first-order chi connectivity index (χ1) is 11.6. The normalized spacial score (nSPS) is 15.4. The first-order valence-electron chi connectivity index (χ1n) is 8.59. The molecule has 2 rings (SSSR count). The number of nitrogens with zero attached hydrogens (tertiary/aromatic N) is 4. The zero-order valence-corrected chi connectivity index (χ0v) is 14.0. The molecule has 1 unspecified atom stereocenters. The third-order valence-electron chi connectivity index (χ3n) is 4.34. The number of terminal acetylenes is 1. The minimum atomic E-state index is -0.695. The Morgan fingerprint density at radius 1 is 1.50 bits per heavy atom. The zero-order chi connectivity index (χ0) is 17.4. The van der Waals surface area contributed by atoms with Crippen LogP contribution in [-0.2, 0) is 6.54 Å². The average molecular weight is 334 g/mol. The van der Waals surface area contributed by atoms with E-state index >= 15 is 0 Å². The van der Waals surface area contributed by atoms with E-state index in [1.165, 1.54) is 42.6 Å². The number of hydrogen-bond donors (Lipinski definition) is 1. The summed E-state index contributed by atoms with van der Waals surface area (Å²) >= 11 is 0. The monoisotopic (exact) mass is 334 g/mol. The fourth-order valence-corrected chi connectivity index (χ4v) is 2.89. The van der Waals surface area contributed by atoms with Gasteiger partial charge in [-0.1, -0.05) is 30.7 Å². The second kappa shape index (κ2) is 9.40. The van der Waals surface area contributed by atoms with Gasteiger partial charge in [-0.05, 0) is 23.8 Å². The third-order valence-corrected chi connectivity index (χ3v) is 4.34. The van der Waals surface area contributed by atoms with Gasteiger partial charge in [-0.15, -0.1) is 12.3 Å². The van der Waals surface area contributed by atoms with Crippen molar-refractivity contribution in [1.82, 2.24) is 14.5 Å². The lowest BCUT2D eigenvalue weighted by molar-refractivity contribution is -0.397. The molecule has 0 spiro atoms. The van der Waals surface area contributed by atoms with Gasteiger partial charge < -0.3 is 15.2 Å². The average Bonchev–Trinajstić information content (AvgIpc) is 3.25. The van der Waals surface area contributed by atoms with E-state index in [2.05, 4.69) is 15.8 Å². The molecular weight excluding hydrogens is 308 g/mol. The summed E-state index contributed by atoms with van der Waals surface area (Å²) in [7, 11) is 0. The summed E-state index contributed by atoms with van der Waals surface area (Å²) in [5.74, 6) is 3.33. The fraction of sp³-hybridized carbons (Fsp3) is 0.706. The smallest absolute Gasteiger partial charge is 0.390 e. The number of imidazole rings is 1. The number of aliphatic hydroxyl groups is 1. The quantitative estimate of drug-likeness (QED) is 0.274. The Hall–Kier alpha value is -1.91. The van der Waals surface area contributed by atoms with Crippen molar-refractivity contribution in [2.75, 3.05) is 19.6 Å². The Bertz CT molecular complexity index is 562. The Kier molecular flexibility index (Phi) is 7.22. The molecule has 0 saturated heterocycles. The molecule has 24 heavy (non-hydrogen) atoms. The van der Waals surface area contributed by atoms with Crippen LogP contribution in [0.1, 0.15) is 38.5 Å². The van der Waals surface area contributed by atoms with E-state index in [1.54, 1.807) is 0 Å². The minimum absolute atomic E-state index is 0.158. The van der Waals surface area contributed by atoms with Crippen molar-refractivity contribution < 1.29 is 10.0 Å². The molecule has 0 radical (unpaired) electrons. The van der Waals surface area contributed by atoms with Crippen molar-refractivity contribution in [3.63, 3.8) is 0 Å². The summed E-state index contributed by atoms with van der Waals surface area (Å²) in [6, 6.07) is 0. The van der Waals surface area contributed by atoms with Gasteiger partial charge in [0.2, 0.25) is 0 Å². The van der Waals surface area contributed by atoms with E-state index in [0.29, 0.717) is 13.0 Å². The highest BCUT2D eigenvalue weighted by atomic mass is 16.6. The summed E-state index contributed by atoms with van der Waals surface area (Å²) < 4.78 is 1.37. The number of unbranched alkanes of at least 4 members (excludes halogenated alkanes) is 1. The van der Waals surface area contributed by atoms with Crippen molar-refractivity contribution in [2.24, 2.45) is 5.92 Å². The van der Waals surface area contributed by atoms with Crippen LogP contribution in [0.25, 0.3) is 0 Å². The molecule has 1 aliphatic carbocycles. The highest BCUT2D eigenvalue weighted by Gasteiger charge is 2.21. The predicted molar refractivity (Wildman–Crippen MR) is 91.4 cm³/mol. The third kappa shape index (κ3) is 6.30. The van der Waals surface area contributed by atoms with Crippen LogP contribution in [0.3, 0.4) is 0 Å². The Balaban J connectivity index is 1.78. The summed E-state index contributed by atoms with van der Waals surface area (Å²) in [5.41, 5.74) is 0. The van der Waals surface area contributed by atoms with Crippen LogP contribution < -0.4 is 0 Å². The molecule has 1 aliphatic rings. The summed E-state index contributed by atoms with van der Waals surface area (Å²) in [4.78, 5) is 16.2. The van der Waals surface area contributed by atoms with Crippen LogP contribution in [0.15, 0.2) is 12.4 Å². The van der Waals surface area contributed by atoms with E-state index in [0.717, 1.165) is 25.4 Å². The van der Waals surface area contributed by atoms with E-state index in [9.17, 15) is 15.2 Å². The zero-order valence-electron chi connectivity index (χ0n) is 14.0. The molecule has 0 aromatic carbocycles. The summed E-state index contributed by atoms with van der Waals surface area (Å²) in [6.07, 6.45) is 14.5. The lowest BCUT2D eigenvalue weighted by Crippen LogP contribution is -2.36. The largest absolute Gasteiger partial charge is 0.434 e. The Labute approximate surface area is 142 Å². The van der Waals surface area contributed by atoms with Crippen molar-refractivity contribution in [1.29, 1.82) is 0 Å². The molecule has 0 aliphatic heterocycles. The van der Waals surface area contributed by atoms with E-state index < -0.39 is 11.0 Å². The first kappa shape index (κ1) is 18.4. The van der Waals surface area contributed by atoms with Gasteiger partial charge in [0.15, 0.2) is 0 Å². The van der Waals surface area contributed by atoms with Crippen LogP contribution in [-0.4, -0.2) is 50.2 Å². The lowest BCUT2D eigenvalue weighted by atomic mass is 10.1. The van der Waals surface area contributed by atoms with Gasteiger partial charge in [0, 0.05) is 19.5 Å². The molecule has 1 saturated carbocycles. The summed E-state index contributed by atoms with van der Waals surface area (Å²) in [6.45, 7) is 2.26. The molecule has 7 nitrogen and oxygen atoms in total. The number of aliphatic hydroxyl groups excluding tert-OH is 1. The van der Waals surface area contributed by atoms with Crippen LogP contribution in [0.4, 0.5) is 5.95 Å². The second-order valence-electron chi connectivity index (χ2n) is 6.48. The van der Waals surface area contributed by atoms with Crippen LogP contribution in [0.2, 0.25) is 0 Å². The highest BCUT2D eigenvalue weighted by molar-refractivity contribution is 5.06. The van der Waals surface area contributed by atoms with Crippen molar-refractivity contribution in [3.8, 4) is 12.3 Å². The Morgan fingerprint density at radius 3 is 2.96 bits per heavy atom. The van der Waals surface area contributed by atoms with E-state index in [-0.39, 0.29) is 12.5 Å². The molecule has 1 fully saturated rings. The molecule has 1 aromatic rings. The molecule has 1 aromatic heterocycles. The molecule has 0 amide bonds. The van der Waals surface area contributed by atoms with Gasteiger partial charge in [-0.2, -0.15) is 0 Å². The fourth-order valence-electron chi connectivity index (χ4n) is 2.89. The molecule has 1 atom stereocenters. The molecular formula is C17H26N4O3. The first-order valence-corrected chi connectivity index (χ1v) is 8.59. The summed E-state index contributed by atoms with van der Waals surface area (Å²) in [5, 5.41) is 21.2. The Morgan fingerprint density at radius 2 is 2.29 bits per heavy atom. The number of nitro groups is 1. The van der Waals surface area contributed by atoms with Gasteiger partial charge >= 0.3 is 5.95 Å². The van der Waals surface area contributed by atoms with E-state index in [4.69, 9.17) is 6.42 Å². The van der Waals surface area contributed by atoms with Crippen molar-refractivity contribution in [3.05, 3.63) is 22.5 Å². The van der Waals surface area contributed by atoms with Crippen LogP contribution >= 0.6 is 0 Å². The topological polar surface area (TPSA) is 84.4 Å². The maximum Gasteiger partial charge on any atom is 0.434 e. The van der Waals surface area contributed by atoms with Crippen molar-refractivity contribution >= 4 is 5.95 Å². The van der Waals surface area contributed by atoms with Gasteiger partial charge in [0.1, 0.15) is 12.4 Å². The van der Waals surface area contributed by atoms with Gasteiger partial charge in [0.25, 0.3) is 0 Å². The molecule has 132 valence electrons. The molecule has 1 heterocycles. The highest BCUT2D eigenvalue weighted by Crippen LogP contribution is 2.33. The number of aromatic nitrogens is 2. The SMILES string of the molecule is C#CCCN(CCCCC1CC1)CC(O)Cn1ccnc1[N+](=O)[O-]. The van der Waals surface area contributed by atoms with Crippen molar-refractivity contribution in [2.45, 2.75) is 51.2 Å². The van der Waals surface area contributed by atoms with Gasteiger partial charge in [-0.25, -0.2) is 4.57 Å². The standard InChI is InChI=1S/C17H26N4O3/c1-2-3-10-19(11-5-4-6-15-7-8-15)13-16(22)14-20-12-9-18-17(20)21(23)24/h1,9,12,15-16,22H,3-8,10-11,13-14H2. The van der Waals surface area contributed by atoms with Crippen LogP contribution in [0, 0.1) is 28.4 Å². The maximum absolute atomic E-state index is 10.9. The maximum atomic E-state index is 10.9. The molecule has 0 bridgehead atoms. The molecule has 7 heteroatoms. The van der Waals surface area contributed by atoms with Crippen LogP contribution in [0.5, 0.6) is 0 Å². The van der Waals surface area contributed by atoms with Gasteiger partial charge in [0.05, 0.1) is 12.6 Å². The number of hydrogen-bond acceptors (Lipinski definition) is 5. The number of rotatable bonds is 12. The lowest BCUT2D eigenvalue weighted by Gasteiger charge is -2.24.